The SMILES string of the molecule is Nc1ccc(NC(=O)Oc2ccccc2)cc1. The Morgan fingerprint density at radius 1 is 1.00 bits per heavy atom. The zero-order valence-corrected chi connectivity index (χ0v) is 9.09. The molecule has 0 radical (unpaired) electrons. The van der Waals surface area contributed by atoms with E-state index in [9.17, 15) is 4.79 Å². The van der Waals surface area contributed by atoms with E-state index in [1.807, 2.05) is 6.07 Å². The first-order chi connectivity index (χ1) is 8.24. The molecule has 0 aromatic heterocycles. The minimum absolute atomic E-state index is 0.500. The number of anilines is 2. The summed E-state index contributed by atoms with van der Waals surface area (Å²) in [6, 6.07) is 15.7. The second kappa shape index (κ2) is 5.03. The Morgan fingerprint density at radius 3 is 2.29 bits per heavy atom. The van der Waals surface area contributed by atoms with Gasteiger partial charge in [0.1, 0.15) is 5.75 Å². The highest BCUT2D eigenvalue weighted by molar-refractivity contribution is 5.86. The topological polar surface area (TPSA) is 64.3 Å². The van der Waals surface area contributed by atoms with Crippen molar-refractivity contribution in [3.8, 4) is 5.75 Å². The van der Waals surface area contributed by atoms with Crippen LogP contribution in [0.4, 0.5) is 16.2 Å². The Bertz CT molecular complexity index is 495. The van der Waals surface area contributed by atoms with Crippen LogP contribution in [0.25, 0.3) is 0 Å². The number of para-hydroxylation sites is 1. The van der Waals surface area contributed by atoms with Gasteiger partial charge in [-0.15, -0.1) is 0 Å². The van der Waals surface area contributed by atoms with Crippen LogP contribution in [0.3, 0.4) is 0 Å². The quantitative estimate of drug-likeness (QED) is 0.777. The zero-order valence-electron chi connectivity index (χ0n) is 9.09. The van der Waals surface area contributed by atoms with Crippen LogP contribution in [-0.2, 0) is 0 Å². The Morgan fingerprint density at radius 2 is 1.65 bits per heavy atom. The van der Waals surface area contributed by atoms with Crippen LogP contribution in [0, 0.1) is 0 Å². The number of carbonyl (C=O) groups is 1. The number of carbonyl (C=O) groups excluding carboxylic acids is 1. The summed E-state index contributed by atoms with van der Waals surface area (Å²) >= 11 is 0. The maximum Gasteiger partial charge on any atom is 0.417 e. The van der Waals surface area contributed by atoms with Gasteiger partial charge >= 0.3 is 6.09 Å². The van der Waals surface area contributed by atoms with E-state index in [0.717, 1.165) is 0 Å². The number of amides is 1. The molecule has 0 spiro atoms. The van der Waals surface area contributed by atoms with Crippen LogP contribution >= 0.6 is 0 Å². The van der Waals surface area contributed by atoms with Crippen LogP contribution in [-0.4, -0.2) is 6.09 Å². The number of nitrogens with two attached hydrogens (primary N) is 1. The molecule has 0 unspecified atom stereocenters. The van der Waals surface area contributed by atoms with E-state index in [1.165, 1.54) is 0 Å². The van der Waals surface area contributed by atoms with Crippen molar-refractivity contribution in [2.45, 2.75) is 0 Å². The summed E-state index contributed by atoms with van der Waals surface area (Å²) in [6.45, 7) is 0. The van der Waals surface area contributed by atoms with E-state index in [2.05, 4.69) is 5.32 Å². The molecule has 17 heavy (non-hydrogen) atoms. The number of hydrogen-bond donors (Lipinski definition) is 2. The Labute approximate surface area is 99.0 Å². The van der Waals surface area contributed by atoms with Crippen molar-refractivity contribution >= 4 is 17.5 Å². The Hall–Kier alpha value is -2.49. The second-order valence-corrected chi connectivity index (χ2v) is 3.45. The summed E-state index contributed by atoms with van der Waals surface area (Å²) in [5.74, 6) is 0.500. The molecule has 0 aliphatic rings. The van der Waals surface area contributed by atoms with E-state index in [1.54, 1.807) is 48.5 Å². The summed E-state index contributed by atoms with van der Waals surface area (Å²) < 4.78 is 5.07. The van der Waals surface area contributed by atoms with Gasteiger partial charge in [0.15, 0.2) is 0 Å². The number of nitrogens with one attached hydrogen (secondary N) is 1. The van der Waals surface area contributed by atoms with Gasteiger partial charge in [-0.05, 0) is 36.4 Å². The number of nitrogen functional groups attached to an aromatic ring is 1. The number of hydrogen-bond acceptors (Lipinski definition) is 3. The van der Waals surface area contributed by atoms with E-state index >= 15 is 0 Å². The first-order valence-electron chi connectivity index (χ1n) is 5.13. The molecular formula is C13H12N2O2. The molecule has 4 nitrogen and oxygen atoms in total. The fourth-order valence-electron chi connectivity index (χ4n) is 1.31. The first-order valence-corrected chi connectivity index (χ1v) is 5.13. The molecule has 0 heterocycles. The summed E-state index contributed by atoms with van der Waals surface area (Å²) in [5, 5.41) is 2.60. The Balaban J connectivity index is 1.96. The Kier molecular flexibility index (Phi) is 3.25. The van der Waals surface area contributed by atoms with Crippen LogP contribution in [0.1, 0.15) is 0 Å². The molecule has 1 amide bonds. The number of benzene rings is 2. The van der Waals surface area contributed by atoms with E-state index in [0.29, 0.717) is 17.1 Å². The van der Waals surface area contributed by atoms with Gasteiger partial charge in [0.05, 0.1) is 0 Å². The summed E-state index contributed by atoms with van der Waals surface area (Å²) in [5.41, 5.74) is 6.82. The summed E-state index contributed by atoms with van der Waals surface area (Å²) in [7, 11) is 0. The molecule has 2 aromatic rings. The molecule has 86 valence electrons. The minimum atomic E-state index is -0.527. The fourth-order valence-corrected chi connectivity index (χ4v) is 1.31. The third-order valence-electron chi connectivity index (χ3n) is 2.11. The molecule has 2 rings (SSSR count). The highest BCUT2D eigenvalue weighted by Crippen LogP contribution is 2.13. The molecule has 0 atom stereocenters. The predicted octanol–water partition coefficient (Wildman–Crippen LogP) is 2.88. The predicted molar refractivity (Wildman–Crippen MR) is 66.9 cm³/mol. The highest BCUT2D eigenvalue weighted by Gasteiger charge is 2.03. The number of ether oxygens (including phenoxy) is 1. The average Bonchev–Trinajstić information content (AvgIpc) is 2.33. The van der Waals surface area contributed by atoms with Gasteiger partial charge in [0.25, 0.3) is 0 Å². The summed E-state index contributed by atoms with van der Waals surface area (Å²) in [4.78, 5) is 11.5. The first kappa shape index (κ1) is 11.0. The molecule has 2 aromatic carbocycles. The third-order valence-corrected chi connectivity index (χ3v) is 2.11. The molecule has 0 fully saturated rings. The molecule has 0 saturated carbocycles. The van der Waals surface area contributed by atoms with Gasteiger partial charge in [-0.1, -0.05) is 18.2 Å². The van der Waals surface area contributed by atoms with Crippen LogP contribution in [0.15, 0.2) is 54.6 Å². The van der Waals surface area contributed by atoms with Crippen LogP contribution < -0.4 is 15.8 Å². The normalized spacial score (nSPS) is 9.65. The lowest BCUT2D eigenvalue weighted by atomic mass is 10.3. The molecular weight excluding hydrogens is 216 g/mol. The smallest absolute Gasteiger partial charge is 0.410 e. The lowest BCUT2D eigenvalue weighted by Crippen LogP contribution is -2.16. The van der Waals surface area contributed by atoms with Gasteiger partial charge in [0, 0.05) is 11.4 Å². The van der Waals surface area contributed by atoms with E-state index < -0.39 is 6.09 Å². The van der Waals surface area contributed by atoms with Gasteiger partial charge in [0.2, 0.25) is 0 Å². The van der Waals surface area contributed by atoms with Crippen molar-refractivity contribution in [3.05, 3.63) is 54.6 Å². The van der Waals surface area contributed by atoms with Crippen molar-refractivity contribution in [1.29, 1.82) is 0 Å². The largest absolute Gasteiger partial charge is 0.417 e. The van der Waals surface area contributed by atoms with Gasteiger partial charge in [-0.25, -0.2) is 4.79 Å². The van der Waals surface area contributed by atoms with Gasteiger partial charge in [-0.2, -0.15) is 0 Å². The monoisotopic (exact) mass is 228 g/mol. The van der Waals surface area contributed by atoms with E-state index in [-0.39, 0.29) is 0 Å². The van der Waals surface area contributed by atoms with E-state index in [4.69, 9.17) is 10.5 Å². The van der Waals surface area contributed by atoms with Crippen molar-refractivity contribution in [3.63, 3.8) is 0 Å². The number of rotatable bonds is 2. The molecule has 4 heteroatoms. The van der Waals surface area contributed by atoms with Crippen molar-refractivity contribution in [2.75, 3.05) is 11.1 Å². The zero-order chi connectivity index (χ0) is 12.1. The van der Waals surface area contributed by atoms with Crippen molar-refractivity contribution < 1.29 is 9.53 Å². The van der Waals surface area contributed by atoms with Gasteiger partial charge in [-0.3, -0.25) is 5.32 Å². The maximum atomic E-state index is 11.5. The lowest BCUT2D eigenvalue weighted by Gasteiger charge is -2.06. The van der Waals surface area contributed by atoms with Crippen LogP contribution in [0.2, 0.25) is 0 Å². The fraction of sp³-hybridized carbons (Fsp3) is 0. The lowest BCUT2D eigenvalue weighted by molar-refractivity contribution is 0.215. The summed E-state index contributed by atoms with van der Waals surface area (Å²) in [6.07, 6.45) is -0.527. The molecule has 3 N–H and O–H groups in total. The maximum absolute atomic E-state index is 11.5. The van der Waals surface area contributed by atoms with Crippen molar-refractivity contribution in [1.82, 2.24) is 0 Å². The minimum Gasteiger partial charge on any atom is -0.410 e. The van der Waals surface area contributed by atoms with Crippen LogP contribution in [0.5, 0.6) is 5.75 Å². The molecule has 0 aliphatic carbocycles. The van der Waals surface area contributed by atoms with Crippen molar-refractivity contribution in [2.24, 2.45) is 0 Å². The standard InChI is InChI=1S/C13H12N2O2/c14-10-6-8-11(9-7-10)15-13(16)17-12-4-2-1-3-5-12/h1-9H,14H2,(H,15,16). The average molecular weight is 228 g/mol. The third kappa shape index (κ3) is 3.24. The molecule has 0 bridgehead atoms. The molecule has 0 saturated heterocycles. The highest BCUT2D eigenvalue weighted by atomic mass is 16.6. The van der Waals surface area contributed by atoms with Gasteiger partial charge < -0.3 is 10.5 Å². The second-order valence-electron chi connectivity index (χ2n) is 3.45. The molecule has 0 aliphatic heterocycles.